The number of halogens is 1. The van der Waals surface area contributed by atoms with Crippen LogP contribution in [0.3, 0.4) is 0 Å². The van der Waals surface area contributed by atoms with E-state index in [0.717, 1.165) is 24.2 Å². The van der Waals surface area contributed by atoms with Crippen LogP contribution in [0.15, 0.2) is 18.2 Å². The number of fused-ring (bicyclic) bond motifs is 1. The molecule has 1 aliphatic heterocycles. The zero-order valence-electron chi connectivity index (χ0n) is 9.18. The molecule has 2 unspecified atom stereocenters. The van der Waals surface area contributed by atoms with E-state index in [9.17, 15) is 4.39 Å². The highest BCUT2D eigenvalue weighted by Crippen LogP contribution is 2.35. The zero-order chi connectivity index (χ0) is 10.8. The molecule has 15 heavy (non-hydrogen) atoms. The van der Waals surface area contributed by atoms with Gasteiger partial charge in [-0.25, -0.2) is 4.39 Å². The van der Waals surface area contributed by atoms with Gasteiger partial charge in [-0.15, -0.1) is 0 Å². The molecule has 82 valence electrons. The molecule has 1 aromatic rings. The summed E-state index contributed by atoms with van der Waals surface area (Å²) in [6.45, 7) is 2.97. The maximum atomic E-state index is 13.6. The Kier molecular flexibility index (Phi) is 2.91. The average molecular weight is 208 g/mol. The summed E-state index contributed by atoms with van der Waals surface area (Å²) < 4.78 is 13.6. The van der Waals surface area contributed by atoms with Gasteiger partial charge < -0.3 is 10.6 Å². The number of hydrogen-bond acceptors (Lipinski definition) is 2. The Morgan fingerprint density at radius 3 is 3.13 bits per heavy atom. The Bertz CT molecular complexity index is 351. The Morgan fingerprint density at radius 2 is 2.40 bits per heavy atom. The summed E-state index contributed by atoms with van der Waals surface area (Å²) in [5.74, 6) is 0.217. The van der Waals surface area contributed by atoms with Gasteiger partial charge >= 0.3 is 0 Å². The molecule has 0 saturated carbocycles. The van der Waals surface area contributed by atoms with Crippen molar-refractivity contribution in [1.82, 2.24) is 5.32 Å². The molecule has 2 atom stereocenters. The van der Waals surface area contributed by atoms with Crippen molar-refractivity contribution >= 4 is 5.69 Å². The van der Waals surface area contributed by atoms with Crippen LogP contribution in [0.1, 0.15) is 24.8 Å². The topological polar surface area (TPSA) is 24.1 Å². The van der Waals surface area contributed by atoms with Gasteiger partial charge in [-0.1, -0.05) is 6.07 Å². The first-order chi connectivity index (χ1) is 7.22. The minimum atomic E-state index is -0.0780. The molecule has 0 aliphatic carbocycles. The van der Waals surface area contributed by atoms with Gasteiger partial charge in [0.2, 0.25) is 0 Å². The molecule has 0 spiro atoms. The van der Waals surface area contributed by atoms with Crippen LogP contribution >= 0.6 is 0 Å². The fourth-order valence-corrected chi connectivity index (χ4v) is 2.19. The molecule has 0 fully saturated rings. The van der Waals surface area contributed by atoms with E-state index in [2.05, 4.69) is 17.6 Å². The van der Waals surface area contributed by atoms with E-state index >= 15 is 0 Å². The van der Waals surface area contributed by atoms with Gasteiger partial charge in [0.1, 0.15) is 5.82 Å². The highest BCUT2D eigenvalue weighted by Gasteiger charge is 2.26. The van der Waals surface area contributed by atoms with Crippen LogP contribution in [-0.2, 0) is 0 Å². The molecule has 0 radical (unpaired) electrons. The van der Waals surface area contributed by atoms with E-state index in [1.807, 2.05) is 13.1 Å². The highest BCUT2D eigenvalue weighted by molar-refractivity contribution is 5.58. The lowest BCUT2D eigenvalue weighted by Crippen LogP contribution is -2.24. The number of anilines is 1. The molecule has 0 aromatic heterocycles. The monoisotopic (exact) mass is 208 g/mol. The van der Waals surface area contributed by atoms with Gasteiger partial charge in [0, 0.05) is 29.8 Å². The van der Waals surface area contributed by atoms with E-state index in [1.165, 1.54) is 0 Å². The normalized spacial score (nSPS) is 20.9. The van der Waals surface area contributed by atoms with Crippen LogP contribution < -0.4 is 10.6 Å². The molecule has 0 saturated heterocycles. The first kappa shape index (κ1) is 10.4. The van der Waals surface area contributed by atoms with Crippen molar-refractivity contribution in [2.75, 3.05) is 18.9 Å². The highest BCUT2D eigenvalue weighted by atomic mass is 19.1. The van der Waals surface area contributed by atoms with Crippen molar-refractivity contribution < 1.29 is 4.39 Å². The summed E-state index contributed by atoms with van der Waals surface area (Å²) in [4.78, 5) is 0. The maximum Gasteiger partial charge on any atom is 0.128 e. The molecule has 2 N–H and O–H groups in total. The van der Waals surface area contributed by atoms with Gasteiger partial charge in [-0.3, -0.25) is 0 Å². The standard InChI is InChI=1S/C12H17FN2/c1-8(14-2)6-9-7-15-11-5-3-4-10(13)12(9)11/h3-5,8-9,14-15H,6-7H2,1-2H3. The number of hydrogen-bond donors (Lipinski definition) is 2. The minimum Gasteiger partial charge on any atom is -0.384 e. The van der Waals surface area contributed by atoms with Gasteiger partial charge in [0.15, 0.2) is 0 Å². The maximum absolute atomic E-state index is 13.6. The molecule has 1 aliphatic rings. The zero-order valence-corrected chi connectivity index (χ0v) is 9.18. The Balaban J connectivity index is 2.20. The molecule has 0 bridgehead atoms. The number of nitrogens with one attached hydrogen (secondary N) is 2. The summed E-state index contributed by atoms with van der Waals surface area (Å²) in [6.07, 6.45) is 0.970. The molecule has 3 heteroatoms. The van der Waals surface area contributed by atoms with Crippen molar-refractivity contribution in [1.29, 1.82) is 0 Å². The summed E-state index contributed by atoms with van der Waals surface area (Å²) in [5.41, 5.74) is 1.82. The van der Waals surface area contributed by atoms with E-state index in [0.29, 0.717) is 12.0 Å². The first-order valence-corrected chi connectivity index (χ1v) is 5.42. The van der Waals surface area contributed by atoms with E-state index in [1.54, 1.807) is 12.1 Å². The third-order valence-corrected chi connectivity index (χ3v) is 3.13. The SMILES string of the molecule is CNC(C)CC1CNc2cccc(F)c21. The molecular weight excluding hydrogens is 191 g/mol. The van der Waals surface area contributed by atoms with Crippen LogP contribution in [0.2, 0.25) is 0 Å². The van der Waals surface area contributed by atoms with Crippen LogP contribution in [0.4, 0.5) is 10.1 Å². The van der Waals surface area contributed by atoms with Crippen LogP contribution in [0.5, 0.6) is 0 Å². The lowest BCUT2D eigenvalue weighted by molar-refractivity contribution is 0.500. The summed E-state index contributed by atoms with van der Waals surface area (Å²) >= 11 is 0. The second kappa shape index (κ2) is 4.19. The van der Waals surface area contributed by atoms with E-state index in [-0.39, 0.29) is 5.82 Å². The minimum absolute atomic E-state index is 0.0780. The van der Waals surface area contributed by atoms with Crippen molar-refractivity contribution in [3.05, 3.63) is 29.6 Å². The van der Waals surface area contributed by atoms with Gasteiger partial charge in [0.25, 0.3) is 0 Å². The third-order valence-electron chi connectivity index (χ3n) is 3.13. The predicted octanol–water partition coefficient (Wildman–Crippen LogP) is 2.33. The average Bonchev–Trinajstić information content (AvgIpc) is 2.63. The fraction of sp³-hybridized carbons (Fsp3) is 0.500. The quantitative estimate of drug-likeness (QED) is 0.796. The van der Waals surface area contributed by atoms with Crippen molar-refractivity contribution in [3.8, 4) is 0 Å². The van der Waals surface area contributed by atoms with Crippen LogP contribution in [0.25, 0.3) is 0 Å². The van der Waals surface area contributed by atoms with Crippen molar-refractivity contribution in [2.45, 2.75) is 25.3 Å². The lowest BCUT2D eigenvalue weighted by atomic mass is 9.94. The van der Waals surface area contributed by atoms with E-state index < -0.39 is 0 Å². The number of benzene rings is 1. The predicted molar refractivity (Wildman–Crippen MR) is 60.8 cm³/mol. The van der Waals surface area contributed by atoms with Gasteiger partial charge in [-0.2, -0.15) is 0 Å². The van der Waals surface area contributed by atoms with Crippen molar-refractivity contribution in [3.63, 3.8) is 0 Å². The third kappa shape index (κ3) is 1.97. The number of rotatable bonds is 3. The summed E-state index contributed by atoms with van der Waals surface area (Å²) in [7, 11) is 1.94. The molecule has 1 aromatic carbocycles. The molecule has 1 heterocycles. The lowest BCUT2D eigenvalue weighted by Gasteiger charge is -2.16. The van der Waals surface area contributed by atoms with Crippen molar-refractivity contribution in [2.24, 2.45) is 0 Å². The Hall–Kier alpha value is -1.09. The smallest absolute Gasteiger partial charge is 0.128 e. The Morgan fingerprint density at radius 1 is 1.60 bits per heavy atom. The molecule has 0 amide bonds. The van der Waals surface area contributed by atoms with Gasteiger partial charge in [-0.05, 0) is 32.5 Å². The summed E-state index contributed by atoms with van der Waals surface area (Å²) in [5, 5.41) is 6.44. The van der Waals surface area contributed by atoms with Gasteiger partial charge in [0.05, 0.1) is 0 Å². The van der Waals surface area contributed by atoms with Crippen LogP contribution in [0, 0.1) is 5.82 Å². The Labute approximate surface area is 89.9 Å². The largest absolute Gasteiger partial charge is 0.384 e. The van der Waals surface area contributed by atoms with Crippen LogP contribution in [-0.4, -0.2) is 19.6 Å². The van der Waals surface area contributed by atoms with E-state index in [4.69, 9.17) is 0 Å². The first-order valence-electron chi connectivity index (χ1n) is 5.42. The molecule has 2 rings (SSSR count). The summed E-state index contributed by atoms with van der Waals surface area (Å²) in [6, 6.07) is 5.67. The second-order valence-corrected chi connectivity index (χ2v) is 4.20. The molecule has 2 nitrogen and oxygen atoms in total. The second-order valence-electron chi connectivity index (χ2n) is 4.20. The molecular formula is C12H17FN2. The fourth-order valence-electron chi connectivity index (χ4n) is 2.19.